The van der Waals surface area contributed by atoms with Gasteiger partial charge in [0.05, 0.1) is 0 Å². The van der Waals surface area contributed by atoms with Crippen molar-refractivity contribution in [2.24, 2.45) is 5.73 Å². The second-order valence-electron chi connectivity index (χ2n) is 7.66. The van der Waals surface area contributed by atoms with Crippen molar-refractivity contribution in [1.82, 2.24) is 0 Å². The van der Waals surface area contributed by atoms with Gasteiger partial charge in [0.15, 0.2) is 0 Å². The third-order valence-electron chi connectivity index (χ3n) is 4.76. The largest absolute Gasteiger partial charge is 0.322 e. The Balaban J connectivity index is 2.08. The molecule has 0 amide bonds. The fourth-order valence-corrected chi connectivity index (χ4v) is 3.35. The summed E-state index contributed by atoms with van der Waals surface area (Å²) in [4.78, 5) is 0. The van der Waals surface area contributed by atoms with Gasteiger partial charge in [-0.3, -0.25) is 0 Å². The highest BCUT2D eigenvalue weighted by atomic mass is 14.7. The Labute approximate surface area is 145 Å². The second-order valence-corrected chi connectivity index (χ2v) is 7.66. The van der Waals surface area contributed by atoms with Crippen molar-refractivity contribution in [2.45, 2.75) is 103 Å². The minimum Gasteiger partial charge on any atom is -0.322 e. The molecule has 132 valence electrons. The molecule has 0 unspecified atom stereocenters. The quantitative estimate of drug-likeness (QED) is 0.401. The predicted octanol–water partition coefficient (Wildman–Crippen LogP) is 6.73. The minimum atomic E-state index is -0.228. The number of unbranched alkanes of at least 4 members (excludes halogenated alkanes) is 10. The minimum absolute atomic E-state index is 0.228. The molecular weight excluding hydrogens is 278 g/mol. The number of benzene rings is 1. The first-order valence-electron chi connectivity index (χ1n) is 9.93. The maximum Gasteiger partial charge on any atom is 0.0355 e. The van der Waals surface area contributed by atoms with E-state index in [-0.39, 0.29) is 5.54 Å². The Morgan fingerprint density at radius 3 is 1.74 bits per heavy atom. The molecule has 1 aromatic rings. The van der Waals surface area contributed by atoms with Crippen molar-refractivity contribution in [2.75, 3.05) is 0 Å². The SMILES string of the molecule is CCCCCCCCCCCCCc1ccccc1C(C)(C)N. The highest BCUT2D eigenvalue weighted by Gasteiger charge is 2.17. The molecule has 0 aliphatic carbocycles. The Bertz CT molecular complexity index is 403. The Morgan fingerprint density at radius 1 is 0.739 bits per heavy atom. The molecule has 0 heterocycles. The third kappa shape index (κ3) is 9.15. The lowest BCUT2D eigenvalue weighted by atomic mass is 9.89. The summed E-state index contributed by atoms with van der Waals surface area (Å²) in [6.45, 7) is 6.49. The number of aryl methyl sites for hydroxylation is 1. The van der Waals surface area contributed by atoms with E-state index < -0.39 is 0 Å². The van der Waals surface area contributed by atoms with Gasteiger partial charge in [-0.2, -0.15) is 0 Å². The summed E-state index contributed by atoms with van der Waals surface area (Å²) in [7, 11) is 0. The van der Waals surface area contributed by atoms with E-state index in [1.165, 1.54) is 88.2 Å². The zero-order valence-corrected chi connectivity index (χ0v) is 15.9. The van der Waals surface area contributed by atoms with E-state index in [9.17, 15) is 0 Å². The average molecular weight is 318 g/mol. The van der Waals surface area contributed by atoms with Gasteiger partial charge in [0.25, 0.3) is 0 Å². The van der Waals surface area contributed by atoms with Crippen LogP contribution in [-0.2, 0) is 12.0 Å². The molecule has 0 radical (unpaired) electrons. The van der Waals surface area contributed by atoms with Crippen LogP contribution in [0, 0.1) is 0 Å². The predicted molar refractivity (Wildman–Crippen MR) is 104 cm³/mol. The van der Waals surface area contributed by atoms with E-state index >= 15 is 0 Å². The van der Waals surface area contributed by atoms with Crippen LogP contribution in [0.15, 0.2) is 24.3 Å². The molecule has 1 heteroatoms. The maximum absolute atomic E-state index is 6.29. The average Bonchev–Trinajstić information content (AvgIpc) is 2.52. The molecule has 1 nitrogen and oxygen atoms in total. The van der Waals surface area contributed by atoms with Crippen LogP contribution in [0.5, 0.6) is 0 Å². The van der Waals surface area contributed by atoms with E-state index in [1.54, 1.807) is 0 Å². The van der Waals surface area contributed by atoms with Gasteiger partial charge in [-0.1, -0.05) is 95.4 Å². The van der Waals surface area contributed by atoms with Crippen molar-refractivity contribution in [3.63, 3.8) is 0 Å². The second kappa shape index (κ2) is 11.7. The molecule has 0 saturated heterocycles. The molecule has 0 bridgehead atoms. The molecule has 0 aliphatic heterocycles. The smallest absolute Gasteiger partial charge is 0.0355 e. The summed E-state index contributed by atoms with van der Waals surface area (Å²) in [6.07, 6.45) is 16.6. The molecule has 1 rings (SSSR count). The summed E-state index contributed by atoms with van der Waals surface area (Å²) in [5.74, 6) is 0. The van der Waals surface area contributed by atoms with Crippen LogP contribution in [0.4, 0.5) is 0 Å². The van der Waals surface area contributed by atoms with Crippen molar-refractivity contribution >= 4 is 0 Å². The van der Waals surface area contributed by atoms with Gasteiger partial charge in [-0.05, 0) is 37.8 Å². The topological polar surface area (TPSA) is 26.0 Å². The Kier molecular flexibility index (Phi) is 10.3. The van der Waals surface area contributed by atoms with Gasteiger partial charge < -0.3 is 5.73 Å². The lowest BCUT2D eigenvalue weighted by Crippen LogP contribution is -2.30. The first kappa shape index (κ1) is 20.2. The first-order chi connectivity index (χ1) is 11.1. The van der Waals surface area contributed by atoms with Crippen LogP contribution in [0.25, 0.3) is 0 Å². The summed E-state index contributed by atoms with van der Waals surface area (Å²) in [6, 6.07) is 8.69. The molecule has 0 atom stereocenters. The first-order valence-corrected chi connectivity index (χ1v) is 9.93. The van der Waals surface area contributed by atoms with Gasteiger partial charge in [-0.15, -0.1) is 0 Å². The van der Waals surface area contributed by atoms with Gasteiger partial charge in [0.1, 0.15) is 0 Å². The highest BCUT2D eigenvalue weighted by Crippen LogP contribution is 2.23. The van der Waals surface area contributed by atoms with Crippen molar-refractivity contribution in [3.8, 4) is 0 Å². The lowest BCUT2D eigenvalue weighted by molar-refractivity contribution is 0.537. The Hall–Kier alpha value is -0.820. The number of nitrogens with two attached hydrogens (primary N) is 1. The number of rotatable bonds is 13. The van der Waals surface area contributed by atoms with E-state index in [0.717, 1.165) is 0 Å². The lowest BCUT2D eigenvalue weighted by Gasteiger charge is -2.23. The zero-order valence-electron chi connectivity index (χ0n) is 15.9. The molecular formula is C22H39N. The van der Waals surface area contributed by atoms with E-state index in [4.69, 9.17) is 5.73 Å². The number of hydrogen-bond acceptors (Lipinski definition) is 1. The van der Waals surface area contributed by atoms with Gasteiger partial charge >= 0.3 is 0 Å². The monoisotopic (exact) mass is 317 g/mol. The zero-order chi connectivity index (χ0) is 17.0. The van der Waals surface area contributed by atoms with Crippen LogP contribution in [0.3, 0.4) is 0 Å². The summed E-state index contributed by atoms with van der Waals surface area (Å²) in [5.41, 5.74) is 8.81. The molecule has 0 fully saturated rings. The normalized spacial score (nSPS) is 11.8. The number of hydrogen-bond donors (Lipinski definition) is 1. The van der Waals surface area contributed by atoms with Crippen molar-refractivity contribution < 1.29 is 0 Å². The van der Waals surface area contributed by atoms with Crippen LogP contribution in [0.2, 0.25) is 0 Å². The van der Waals surface area contributed by atoms with Crippen LogP contribution in [-0.4, -0.2) is 0 Å². The molecule has 0 aliphatic rings. The van der Waals surface area contributed by atoms with Gasteiger partial charge in [0.2, 0.25) is 0 Å². The molecule has 2 N–H and O–H groups in total. The Morgan fingerprint density at radius 2 is 1.22 bits per heavy atom. The van der Waals surface area contributed by atoms with E-state index in [0.29, 0.717) is 0 Å². The van der Waals surface area contributed by atoms with E-state index in [2.05, 4.69) is 45.0 Å². The fraction of sp³-hybridized carbons (Fsp3) is 0.727. The summed E-state index contributed by atoms with van der Waals surface area (Å²) < 4.78 is 0. The van der Waals surface area contributed by atoms with Gasteiger partial charge in [0, 0.05) is 5.54 Å². The standard InChI is InChI=1S/C22H39N/c1-4-5-6-7-8-9-10-11-12-13-14-17-20-18-15-16-19-21(20)22(2,3)23/h15-16,18-19H,4-14,17,23H2,1-3H3. The molecule has 0 saturated carbocycles. The molecule has 0 spiro atoms. The maximum atomic E-state index is 6.29. The molecule has 1 aromatic carbocycles. The van der Waals surface area contributed by atoms with Crippen molar-refractivity contribution in [1.29, 1.82) is 0 Å². The fourth-order valence-electron chi connectivity index (χ4n) is 3.35. The third-order valence-corrected chi connectivity index (χ3v) is 4.76. The van der Waals surface area contributed by atoms with E-state index in [1.807, 2.05) is 0 Å². The summed E-state index contributed by atoms with van der Waals surface area (Å²) in [5, 5.41) is 0. The molecule has 0 aromatic heterocycles. The van der Waals surface area contributed by atoms with Crippen LogP contribution >= 0.6 is 0 Å². The highest BCUT2D eigenvalue weighted by molar-refractivity contribution is 5.32. The van der Waals surface area contributed by atoms with Crippen molar-refractivity contribution in [3.05, 3.63) is 35.4 Å². The van der Waals surface area contributed by atoms with Crippen LogP contribution in [0.1, 0.15) is 103 Å². The molecule has 23 heavy (non-hydrogen) atoms. The van der Waals surface area contributed by atoms with Gasteiger partial charge in [-0.25, -0.2) is 0 Å². The van der Waals surface area contributed by atoms with Crippen LogP contribution < -0.4 is 5.73 Å². The summed E-state index contributed by atoms with van der Waals surface area (Å²) >= 11 is 0.